The minimum atomic E-state index is 0.148. The summed E-state index contributed by atoms with van der Waals surface area (Å²) < 4.78 is 0. The van der Waals surface area contributed by atoms with Crippen molar-refractivity contribution >= 4 is 0 Å². The number of hydrogen-bond acceptors (Lipinski definition) is 0. The first-order valence-corrected chi connectivity index (χ1v) is 4.14. The van der Waals surface area contributed by atoms with Crippen LogP contribution in [0.5, 0.6) is 0 Å². The maximum absolute atomic E-state index is 4.18. The van der Waals surface area contributed by atoms with Gasteiger partial charge in [0.05, 0.1) is 0 Å². The van der Waals surface area contributed by atoms with Gasteiger partial charge in [0.1, 0.15) is 5.54 Å². The Morgan fingerprint density at radius 2 is 1.70 bits per heavy atom. The summed E-state index contributed by atoms with van der Waals surface area (Å²) in [4.78, 5) is 0. The highest BCUT2D eigenvalue weighted by Gasteiger charge is 2.26. The van der Waals surface area contributed by atoms with Crippen LogP contribution in [0.1, 0.15) is 40.0 Å². The van der Waals surface area contributed by atoms with Gasteiger partial charge in [-0.1, -0.05) is 27.4 Å². The molecule has 0 aliphatic carbocycles. The third-order valence-electron chi connectivity index (χ3n) is 2.53. The van der Waals surface area contributed by atoms with E-state index in [1.54, 1.807) is 0 Å². The molecule has 0 amide bonds. The molecular weight excluding hydrogens is 122 g/mol. The van der Waals surface area contributed by atoms with Gasteiger partial charge in [0.15, 0.2) is 0 Å². The van der Waals surface area contributed by atoms with Crippen LogP contribution in [0.25, 0.3) is 0 Å². The van der Waals surface area contributed by atoms with E-state index >= 15 is 0 Å². The van der Waals surface area contributed by atoms with E-state index in [4.69, 9.17) is 0 Å². The third kappa shape index (κ3) is 1.84. The van der Waals surface area contributed by atoms with E-state index in [2.05, 4.69) is 33.1 Å². The number of hydrogen-bond donors (Lipinski definition) is 1. The SMILES string of the molecule is C=C(CC)C([NH3+])(CC)CC. The molecule has 0 radical (unpaired) electrons. The lowest BCUT2D eigenvalue weighted by Crippen LogP contribution is -2.72. The van der Waals surface area contributed by atoms with Gasteiger partial charge in [-0.15, -0.1) is 0 Å². The molecule has 1 heteroatoms. The molecule has 0 rings (SSSR count). The maximum atomic E-state index is 4.18. The largest absolute Gasteiger partial charge is 0.349 e. The van der Waals surface area contributed by atoms with E-state index < -0.39 is 0 Å². The number of rotatable bonds is 4. The Balaban J connectivity index is 4.17. The molecule has 0 fully saturated rings. The molecule has 60 valence electrons. The van der Waals surface area contributed by atoms with Crippen molar-refractivity contribution in [3.8, 4) is 0 Å². The standard InChI is InChI=1S/C9H19N/c1-5-8(4)9(10,6-2)7-3/h4-7,10H2,1-3H3/p+1. The van der Waals surface area contributed by atoms with Crippen LogP contribution in [0.3, 0.4) is 0 Å². The quantitative estimate of drug-likeness (QED) is 0.579. The molecule has 3 N–H and O–H groups in total. The van der Waals surface area contributed by atoms with E-state index in [0.29, 0.717) is 0 Å². The Morgan fingerprint density at radius 1 is 1.30 bits per heavy atom. The second-order valence-electron chi connectivity index (χ2n) is 2.94. The molecule has 0 saturated heterocycles. The lowest BCUT2D eigenvalue weighted by molar-refractivity contribution is -0.465. The van der Waals surface area contributed by atoms with E-state index in [0.717, 1.165) is 19.3 Å². The molecule has 0 aromatic carbocycles. The van der Waals surface area contributed by atoms with Gasteiger partial charge < -0.3 is 5.73 Å². The summed E-state index contributed by atoms with van der Waals surface area (Å²) in [5.74, 6) is 0. The van der Waals surface area contributed by atoms with E-state index in [1.165, 1.54) is 5.57 Å². The van der Waals surface area contributed by atoms with Crippen LogP contribution in [0, 0.1) is 0 Å². The second kappa shape index (κ2) is 3.77. The van der Waals surface area contributed by atoms with Crippen LogP contribution in [0.15, 0.2) is 12.2 Å². The first-order chi connectivity index (χ1) is 4.60. The molecule has 0 aromatic rings. The molecule has 0 atom stereocenters. The first kappa shape index (κ1) is 9.70. The fraction of sp³-hybridized carbons (Fsp3) is 0.778. The van der Waals surface area contributed by atoms with Crippen LogP contribution >= 0.6 is 0 Å². The molecule has 0 aliphatic rings. The average molecular weight is 142 g/mol. The summed E-state index contributed by atoms with van der Waals surface area (Å²) >= 11 is 0. The van der Waals surface area contributed by atoms with Gasteiger partial charge in [0.25, 0.3) is 0 Å². The summed E-state index contributed by atoms with van der Waals surface area (Å²) in [6.45, 7) is 10.5. The Hall–Kier alpha value is -0.300. The zero-order valence-electron chi connectivity index (χ0n) is 7.54. The van der Waals surface area contributed by atoms with Crippen LogP contribution < -0.4 is 5.73 Å². The minimum Gasteiger partial charge on any atom is -0.349 e. The third-order valence-corrected chi connectivity index (χ3v) is 2.53. The smallest absolute Gasteiger partial charge is 0.115 e. The Morgan fingerprint density at radius 3 is 1.80 bits per heavy atom. The van der Waals surface area contributed by atoms with E-state index in [1.807, 2.05) is 0 Å². The van der Waals surface area contributed by atoms with Gasteiger partial charge in [0, 0.05) is 12.8 Å². The highest BCUT2D eigenvalue weighted by Crippen LogP contribution is 2.20. The summed E-state index contributed by atoms with van der Waals surface area (Å²) in [6, 6.07) is 0. The Bertz CT molecular complexity index is 112. The van der Waals surface area contributed by atoms with Gasteiger partial charge in [-0.05, 0) is 12.0 Å². The number of quaternary nitrogens is 1. The summed E-state index contributed by atoms with van der Waals surface area (Å²) in [5, 5.41) is 0. The van der Waals surface area contributed by atoms with Crippen molar-refractivity contribution < 1.29 is 5.73 Å². The summed E-state index contributed by atoms with van der Waals surface area (Å²) in [7, 11) is 0. The molecule has 0 spiro atoms. The lowest BCUT2D eigenvalue weighted by atomic mass is 9.85. The lowest BCUT2D eigenvalue weighted by Gasteiger charge is -2.24. The predicted molar refractivity (Wildman–Crippen MR) is 45.6 cm³/mol. The summed E-state index contributed by atoms with van der Waals surface area (Å²) in [5.41, 5.74) is 5.61. The first-order valence-electron chi connectivity index (χ1n) is 4.14. The molecule has 10 heavy (non-hydrogen) atoms. The van der Waals surface area contributed by atoms with Crippen molar-refractivity contribution in [3.05, 3.63) is 12.2 Å². The minimum absolute atomic E-state index is 0.148. The Labute approximate surface area is 64.3 Å². The molecule has 0 heterocycles. The fourth-order valence-electron chi connectivity index (χ4n) is 1.12. The summed E-state index contributed by atoms with van der Waals surface area (Å²) in [6.07, 6.45) is 3.28. The van der Waals surface area contributed by atoms with Gasteiger partial charge in [-0.25, -0.2) is 0 Å². The van der Waals surface area contributed by atoms with Gasteiger partial charge in [-0.2, -0.15) is 0 Å². The molecular formula is C9H20N+. The van der Waals surface area contributed by atoms with Crippen molar-refractivity contribution in [3.63, 3.8) is 0 Å². The predicted octanol–water partition coefficient (Wildman–Crippen LogP) is 1.75. The van der Waals surface area contributed by atoms with Crippen molar-refractivity contribution in [2.24, 2.45) is 0 Å². The molecule has 0 unspecified atom stereocenters. The van der Waals surface area contributed by atoms with Gasteiger partial charge in [-0.3, -0.25) is 0 Å². The normalized spacial score (nSPS) is 11.6. The molecule has 0 bridgehead atoms. The van der Waals surface area contributed by atoms with Crippen molar-refractivity contribution in [2.45, 2.75) is 45.6 Å². The van der Waals surface area contributed by atoms with Crippen LogP contribution in [-0.2, 0) is 0 Å². The fourth-order valence-corrected chi connectivity index (χ4v) is 1.12. The van der Waals surface area contributed by atoms with Crippen LogP contribution in [0.4, 0.5) is 0 Å². The van der Waals surface area contributed by atoms with Crippen molar-refractivity contribution in [2.75, 3.05) is 0 Å². The van der Waals surface area contributed by atoms with Crippen molar-refractivity contribution in [1.82, 2.24) is 0 Å². The molecule has 0 saturated carbocycles. The molecule has 0 aliphatic heterocycles. The second-order valence-corrected chi connectivity index (χ2v) is 2.94. The topological polar surface area (TPSA) is 27.6 Å². The Kier molecular flexibility index (Phi) is 3.66. The maximum Gasteiger partial charge on any atom is 0.115 e. The average Bonchev–Trinajstić information content (AvgIpc) is 2.01. The monoisotopic (exact) mass is 142 g/mol. The van der Waals surface area contributed by atoms with Crippen LogP contribution in [0.2, 0.25) is 0 Å². The zero-order chi connectivity index (χ0) is 8.20. The van der Waals surface area contributed by atoms with Crippen molar-refractivity contribution in [1.29, 1.82) is 0 Å². The zero-order valence-corrected chi connectivity index (χ0v) is 7.54. The van der Waals surface area contributed by atoms with E-state index in [-0.39, 0.29) is 5.54 Å². The highest BCUT2D eigenvalue weighted by atomic mass is 14.7. The molecule has 0 aromatic heterocycles. The van der Waals surface area contributed by atoms with Crippen LogP contribution in [-0.4, -0.2) is 5.54 Å². The van der Waals surface area contributed by atoms with Gasteiger partial charge in [0.2, 0.25) is 0 Å². The molecule has 1 nitrogen and oxygen atoms in total. The van der Waals surface area contributed by atoms with E-state index in [9.17, 15) is 0 Å². The highest BCUT2D eigenvalue weighted by molar-refractivity contribution is 5.09. The van der Waals surface area contributed by atoms with Gasteiger partial charge >= 0.3 is 0 Å².